The van der Waals surface area contributed by atoms with Crippen molar-refractivity contribution >= 4 is 33.2 Å². The van der Waals surface area contributed by atoms with Crippen molar-refractivity contribution in [3.63, 3.8) is 0 Å². The van der Waals surface area contributed by atoms with Gasteiger partial charge >= 0.3 is 0 Å². The molecule has 0 aromatic heterocycles. The molecule has 7 nitrogen and oxygen atoms in total. The number of sulfonamides is 1. The van der Waals surface area contributed by atoms with E-state index in [0.717, 1.165) is 22.6 Å². The lowest BCUT2D eigenvalue weighted by atomic mass is 10.1. The van der Waals surface area contributed by atoms with Crippen molar-refractivity contribution in [2.45, 2.75) is 32.2 Å². The van der Waals surface area contributed by atoms with Crippen LogP contribution in [0.4, 0.5) is 5.69 Å². The molecule has 1 aliphatic rings. The molecule has 0 radical (unpaired) electrons. The molecule has 202 valence electrons. The number of hydrogen-bond donors (Lipinski definition) is 0. The summed E-state index contributed by atoms with van der Waals surface area (Å²) < 4.78 is 34.5. The maximum Gasteiger partial charge on any atom is 0.244 e. The first kappa shape index (κ1) is 28.0. The Morgan fingerprint density at radius 2 is 1.50 bits per heavy atom. The van der Waals surface area contributed by atoms with Crippen molar-refractivity contribution in [3.05, 3.63) is 87.9 Å². The normalized spacial score (nSPS) is 14.2. The molecule has 0 unspecified atom stereocenters. The average molecular weight is 556 g/mol. The standard InChI is InChI=1S/C29H34ClN3O4S/c1-21-17-22(2)29(23(3)18-21)38(35,36)33(19-24-5-7-25(30)8-6-24)20-28(34)32-15-13-31(14-16-32)26-9-11-27(37-4)12-10-26/h5-12,17-18H,13-16,19-20H2,1-4H3. The molecular weight excluding hydrogens is 522 g/mol. The largest absolute Gasteiger partial charge is 0.497 e. The van der Waals surface area contributed by atoms with E-state index >= 15 is 0 Å². The summed E-state index contributed by atoms with van der Waals surface area (Å²) in [6.45, 7) is 7.74. The number of anilines is 1. The Morgan fingerprint density at radius 1 is 0.921 bits per heavy atom. The molecule has 1 aliphatic heterocycles. The van der Waals surface area contributed by atoms with Crippen molar-refractivity contribution in [2.24, 2.45) is 0 Å². The maximum absolute atomic E-state index is 14.0. The van der Waals surface area contributed by atoms with Gasteiger partial charge in [-0.2, -0.15) is 4.31 Å². The lowest BCUT2D eigenvalue weighted by molar-refractivity contribution is -0.131. The Bertz CT molecular complexity index is 1360. The number of hydrogen-bond acceptors (Lipinski definition) is 5. The molecule has 38 heavy (non-hydrogen) atoms. The van der Waals surface area contributed by atoms with Crippen molar-refractivity contribution in [2.75, 3.05) is 44.7 Å². The number of amides is 1. The van der Waals surface area contributed by atoms with Gasteiger partial charge in [0.1, 0.15) is 5.75 Å². The van der Waals surface area contributed by atoms with E-state index in [-0.39, 0.29) is 23.9 Å². The minimum absolute atomic E-state index is 0.0732. The van der Waals surface area contributed by atoms with Crippen LogP contribution in [0.1, 0.15) is 22.3 Å². The molecule has 0 atom stereocenters. The smallest absolute Gasteiger partial charge is 0.244 e. The summed E-state index contributed by atoms with van der Waals surface area (Å²) in [5, 5.41) is 0.569. The topological polar surface area (TPSA) is 70.2 Å². The van der Waals surface area contributed by atoms with Crippen LogP contribution in [0.2, 0.25) is 5.02 Å². The van der Waals surface area contributed by atoms with Gasteiger partial charge in [-0.25, -0.2) is 8.42 Å². The average Bonchev–Trinajstić information content (AvgIpc) is 2.89. The molecular formula is C29H34ClN3O4S. The van der Waals surface area contributed by atoms with E-state index < -0.39 is 10.0 Å². The van der Waals surface area contributed by atoms with E-state index in [1.807, 2.05) is 43.3 Å². The highest BCUT2D eigenvalue weighted by Gasteiger charge is 2.32. The number of piperazine rings is 1. The lowest BCUT2D eigenvalue weighted by Gasteiger charge is -2.37. The number of ether oxygens (including phenoxy) is 1. The van der Waals surface area contributed by atoms with Crippen molar-refractivity contribution in [1.29, 1.82) is 0 Å². The van der Waals surface area contributed by atoms with E-state index in [1.54, 1.807) is 50.1 Å². The monoisotopic (exact) mass is 555 g/mol. The van der Waals surface area contributed by atoms with Gasteiger partial charge in [0.15, 0.2) is 0 Å². The van der Waals surface area contributed by atoms with E-state index in [4.69, 9.17) is 16.3 Å². The highest BCUT2D eigenvalue weighted by atomic mass is 35.5. The first-order valence-corrected chi connectivity index (χ1v) is 14.4. The minimum atomic E-state index is -3.95. The quantitative estimate of drug-likeness (QED) is 0.399. The SMILES string of the molecule is COc1ccc(N2CCN(C(=O)CN(Cc3ccc(Cl)cc3)S(=O)(=O)c3c(C)cc(C)cc3C)CC2)cc1. The Kier molecular flexibility index (Phi) is 8.65. The van der Waals surface area contributed by atoms with Crippen LogP contribution in [0.3, 0.4) is 0 Å². The van der Waals surface area contributed by atoms with Crippen molar-refractivity contribution in [1.82, 2.24) is 9.21 Å². The predicted molar refractivity (Wildman–Crippen MR) is 151 cm³/mol. The fraction of sp³-hybridized carbons (Fsp3) is 0.345. The number of halogens is 1. The minimum Gasteiger partial charge on any atom is -0.497 e. The molecule has 0 N–H and O–H groups in total. The molecule has 0 spiro atoms. The van der Waals surface area contributed by atoms with Gasteiger partial charge in [0, 0.05) is 43.4 Å². The molecule has 0 bridgehead atoms. The molecule has 9 heteroatoms. The highest BCUT2D eigenvalue weighted by molar-refractivity contribution is 7.89. The number of carbonyl (C=O) groups is 1. The second-order valence-electron chi connectivity index (χ2n) is 9.69. The van der Waals surface area contributed by atoms with Gasteiger partial charge in [-0.15, -0.1) is 0 Å². The Balaban J connectivity index is 1.53. The summed E-state index contributed by atoms with van der Waals surface area (Å²) >= 11 is 6.04. The summed E-state index contributed by atoms with van der Waals surface area (Å²) in [7, 11) is -2.31. The first-order chi connectivity index (χ1) is 18.1. The van der Waals surface area contributed by atoms with Gasteiger partial charge in [0.2, 0.25) is 15.9 Å². The van der Waals surface area contributed by atoms with Crippen LogP contribution in [0.15, 0.2) is 65.6 Å². The zero-order valence-corrected chi connectivity index (χ0v) is 23.8. The van der Waals surface area contributed by atoms with Crippen LogP contribution in [-0.4, -0.2) is 63.4 Å². The van der Waals surface area contributed by atoms with Gasteiger partial charge in [0.05, 0.1) is 18.6 Å². The third kappa shape index (κ3) is 6.31. The van der Waals surface area contributed by atoms with Gasteiger partial charge < -0.3 is 14.5 Å². The highest BCUT2D eigenvalue weighted by Crippen LogP contribution is 2.27. The third-order valence-electron chi connectivity index (χ3n) is 6.86. The van der Waals surface area contributed by atoms with Gasteiger partial charge in [0.25, 0.3) is 0 Å². The van der Waals surface area contributed by atoms with Gasteiger partial charge in [-0.3, -0.25) is 4.79 Å². The Hall–Kier alpha value is -3.07. The number of benzene rings is 3. The molecule has 4 rings (SSSR count). The number of rotatable bonds is 8. The maximum atomic E-state index is 14.0. The van der Waals surface area contributed by atoms with Crippen LogP contribution >= 0.6 is 11.6 Å². The summed E-state index contributed by atoms with van der Waals surface area (Å²) in [5.41, 5.74) is 4.16. The summed E-state index contributed by atoms with van der Waals surface area (Å²) in [5.74, 6) is 0.586. The zero-order valence-electron chi connectivity index (χ0n) is 22.3. The summed E-state index contributed by atoms with van der Waals surface area (Å²) in [4.78, 5) is 17.7. The van der Waals surface area contributed by atoms with E-state index in [1.165, 1.54) is 4.31 Å². The van der Waals surface area contributed by atoms with Crippen molar-refractivity contribution < 1.29 is 17.9 Å². The second kappa shape index (κ2) is 11.8. The van der Waals surface area contributed by atoms with E-state index in [2.05, 4.69) is 4.90 Å². The number of aryl methyl sites for hydroxylation is 3. The van der Waals surface area contributed by atoms with Crippen LogP contribution < -0.4 is 9.64 Å². The van der Waals surface area contributed by atoms with Crippen LogP contribution in [-0.2, 0) is 21.4 Å². The van der Waals surface area contributed by atoms with E-state index in [0.29, 0.717) is 42.3 Å². The predicted octanol–water partition coefficient (Wildman–Crippen LogP) is 4.81. The molecule has 0 aliphatic carbocycles. The van der Waals surface area contributed by atoms with Crippen LogP contribution in [0, 0.1) is 20.8 Å². The Morgan fingerprint density at radius 3 is 2.05 bits per heavy atom. The molecule has 3 aromatic rings. The molecule has 1 heterocycles. The molecule has 0 saturated carbocycles. The molecule has 1 fully saturated rings. The number of methoxy groups -OCH3 is 1. The first-order valence-electron chi connectivity index (χ1n) is 12.6. The fourth-order valence-electron chi connectivity index (χ4n) is 4.98. The summed E-state index contributed by atoms with van der Waals surface area (Å²) in [6, 6.07) is 18.6. The van der Waals surface area contributed by atoms with Crippen LogP contribution in [0.5, 0.6) is 5.75 Å². The number of carbonyl (C=O) groups excluding carboxylic acids is 1. The zero-order chi connectivity index (χ0) is 27.4. The third-order valence-corrected chi connectivity index (χ3v) is 9.21. The van der Waals surface area contributed by atoms with E-state index in [9.17, 15) is 13.2 Å². The molecule has 3 aromatic carbocycles. The van der Waals surface area contributed by atoms with Crippen molar-refractivity contribution in [3.8, 4) is 5.75 Å². The Labute approximate surface area is 230 Å². The van der Waals surface area contributed by atoms with Crippen LogP contribution in [0.25, 0.3) is 0 Å². The fourth-order valence-corrected chi connectivity index (χ4v) is 6.90. The second-order valence-corrected chi connectivity index (χ2v) is 12.0. The van der Waals surface area contributed by atoms with Gasteiger partial charge in [-0.05, 0) is 73.9 Å². The number of nitrogens with zero attached hydrogens (tertiary/aromatic N) is 3. The molecule has 1 amide bonds. The van der Waals surface area contributed by atoms with Gasteiger partial charge in [-0.1, -0.05) is 41.4 Å². The summed E-state index contributed by atoms with van der Waals surface area (Å²) in [6.07, 6.45) is 0. The lowest BCUT2D eigenvalue weighted by Crippen LogP contribution is -2.51. The molecule has 1 saturated heterocycles.